The molecule has 1 atom stereocenters. The van der Waals surface area contributed by atoms with E-state index >= 15 is 0 Å². The van der Waals surface area contributed by atoms with Gasteiger partial charge in [-0.15, -0.1) is 11.8 Å². The molecule has 5 heteroatoms. The fourth-order valence-electron chi connectivity index (χ4n) is 2.59. The van der Waals surface area contributed by atoms with Crippen molar-refractivity contribution in [2.75, 3.05) is 10.6 Å². The van der Waals surface area contributed by atoms with E-state index in [-0.39, 0.29) is 17.1 Å². The number of nitrogens with one attached hydrogen (secondary N) is 2. The highest BCUT2D eigenvalue weighted by molar-refractivity contribution is 8.00. The van der Waals surface area contributed by atoms with Crippen LogP contribution in [0.5, 0.6) is 0 Å². The molecule has 2 amide bonds. The van der Waals surface area contributed by atoms with Crippen molar-refractivity contribution in [2.45, 2.75) is 24.0 Å². The summed E-state index contributed by atoms with van der Waals surface area (Å²) >= 11 is 1.48. The standard InChI is InChI=1S/C21H20N2O2S/c1-14(26-20-11-9-18(10-12-20)22-15(2)24)21(25)23-19-8-7-16-5-3-4-6-17(16)13-19/h3-14H,1-2H3,(H,22,24)(H,23,25)/t14-/m0/s1. The molecule has 0 saturated carbocycles. The second-order valence-corrected chi connectivity index (χ2v) is 7.43. The summed E-state index contributed by atoms with van der Waals surface area (Å²) in [7, 11) is 0. The predicted octanol–water partition coefficient (Wildman–Crippen LogP) is 4.92. The molecule has 2 N–H and O–H groups in total. The maximum atomic E-state index is 12.5. The summed E-state index contributed by atoms with van der Waals surface area (Å²) < 4.78 is 0. The van der Waals surface area contributed by atoms with Crippen molar-refractivity contribution in [2.24, 2.45) is 0 Å². The number of anilines is 2. The molecule has 0 aromatic heterocycles. The van der Waals surface area contributed by atoms with Crippen LogP contribution in [0.3, 0.4) is 0 Å². The Bertz CT molecular complexity index is 938. The minimum absolute atomic E-state index is 0.0452. The number of hydrogen-bond donors (Lipinski definition) is 2. The molecule has 0 fully saturated rings. The number of thioether (sulfide) groups is 1. The first-order valence-corrected chi connectivity index (χ1v) is 9.23. The summed E-state index contributed by atoms with van der Waals surface area (Å²) in [6.45, 7) is 3.35. The normalized spacial score (nSPS) is 11.8. The first-order valence-electron chi connectivity index (χ1n) is 8.35. The van der Waals surface area contributed by atoms with Crippen LogP contribution in [0.4, 0.5) is 11.4 Å². The first kappa shape index (κ1) is 18.0. The van der Waals surface area contributed by atoms with E-state index in [1.54, 1.807) is 0 Å². The van der Waals surface area contributed by atoms with E-state index in [0.29, 0.717) is 0 Å². The minimum atomic E-state index is -0.243. The zero-order valence-electron chi connectivity index (χ0n) is 14.7. The van der Waals surface area contributed by atoms with Crippen LogP contribution in [0.2, 0.25) is 0 Å². The number of hydrogen-bond acceptors (Lipinski definition) is 3. The van der Waals surface area contributed by atoms with Gasteiger partial charge in [0, 0.05) is 23.2 Å². The molecule has 0 spiro atoms. The third-order valence-corrected chi connectivity index (χ3v) is 4.99. The summed E-state index contributed by atoms with van der Waals surface area (Å²) in [5.41, 5.74) is 1.54. The van der Waals surface area contributed by atoms with Gasteiger partial charge in [-0.1, -0.05) is 30.3 Å². The third kappa shape index (κ3) is 4.64. The smallest absolute Gasteiger partial charge is 0.237 e. The van der Waals surface area contributed by atoms with Crippen LogP contribution in [-0.2, 0) is 9.59 Å². The van der Waals surface area contributed by atoms with E-state index in [2.05, 4.69) is 10.6 Å². The van der Waals surface area contributed by atoms with Crippen LogP contribution in [0.25, 0.3) is 10.8 Å². The lowest BCUT2D eigenvalue weighted by molar-refractivity contribution is -0.115. The Hall–Kier alpha value is -2.79. The summed E-state index contributed by atoms with van der Waals surface area (Å²) in [6.07, 6.45) is 0. The Labute approximate surface area is 157 Å². The highest BCUT2D eigenvalue weighted by atomic mass is 32.2. The quantitative estimate of drug-likeness (QED) is 0.632. The molecule has 0 aliphatic rings. The van der Waals surface area contributed by atoms with E-state index < -0.39 is 0 Å². The molecule has 3 rings (SSSR count). The number of fused-ring (bicyclic) bond motifs is 1. The van der Waals surface area contributed by atoms with Crippen molar-refractivity contribution in [1.82, 2.24) is 0 Å². The molecule has 3 aromatic carbocycles. The third-order valence-electron chi connectivity index (χ3n) is 3.87. The van der Waals surface area contributed by atoms with Gasteiger partial charge < -0.3 is 10.6 Å². The van der Waals surface area contributed by atoms with Crippen molar-refractivity contribution in [3.63, 3.8) is 0 Å². The molecule has 26 heavy (non-hydrogen) atoms. The molecule has 0 saturated heterocycles. The topological polar surface area (TPSA) is 58.2 Å². The highest BCUT2D eigenvalue weighted by Crippen LogP contribution is 2.26. The SMILES string of the molecule is CC(=O)Nc1ccc(S[C@@H](C)C(=O)Nc2ccc3ccccc3c2)cc1. The van der Waals surface area contributed by atoms with Gasteiger partial charge in [0.05, 0.1) is 5.25 Å². The van der Waals surface area contributed by atoms with Crippen molar-refractivity contribution in [3.05, 3.63) is 66.7 Å². The van der Waals surface area contributed by atoms with Crippen molar-refractivity contribution < 1.29 is 9.59 Å². The average molecular weight is 364 g/mol. The van der Waals surface area contributed by atoms with E-state index in [0.717, 1.165) is 27.0 Å². The molecule has 0 aliphatic heterocycles. The highest BCUT2D eigenvalue weighted by Gasteiger charge is 2.15. The summed E-state index contributed by atoms with van der Waals surface area (Å²) in [5.74, 6) is -0.148. The number of carbonyl (C=O) groups is 2. The van der Waals surface area contributed by atoms with Gasteiger partial charge in [-0.2, -0.15) is 0 Å². The van der Waals surface area contributed by atoms with Crippen LogP contribution in [-0.4, -0.2) is 17.1 Å². The van der Waals surface area contributed by atoms with Crippen LogP contribution in [0.1, 0.15) is 13.8 Å². The van der Waals surface area contributed by atoms with Crippen molar-refractivity contribution in [1.29, 1.82) is 0 Å². The molecule has 0 heterocycles. The Kier molecular flexibility index (Phi) is 5.58. The Morgan fingerprint density at radius 1 is 0.846 bits per heavy atom. The molecule has 0 unspecified atom stereocenters. The van der Waals surface area contributed by atoms with Crippen LogP contribution < -0.4 is 10.6 Å². The van der Waals surface area contributed by atoms with E-state index in [1.807, 2.05) is 73.7 Å². The minimum Gasteiger partial charge on any atom is -0.326 e. The summed E-state index contributed by atoms with van der Waals surface area (Å²) in [4.78, 5) is 24.5. The van der Waals surface area contributed by atoms with Crippen LogP contribution >= 0.6 is 11.8 Å². The summed E-state index contributed by atoms with van der Waals surface area (Å²) in [5, 5.41) is 7.70. The lowest BCUT2D eigenvalue weighted by Crippen LogP contribution is -2.22. The van der Waals surface area contributed by atoms with Crippen molar-refractivity contribution >= 4 is 45.7 Å². The average Bonchev–Trinajstić information content (AvgIpc) is 2.62. The fourth-order valence-corrected chi connectivity index (χ4v) is 3.46. The van der Waals surface area contributed by atoms with Crippen LogP contribution in [0, 0.1) is 0 Å². The largest absolute Gasteiger partial charge is 0.326 e. The van der Waals surface area contributed by atoms with E-state index in [9.17, 15) is 9.59 Å². The van der Waals surface area contributed by atoms with Gasteiger partial charge >= 0.3 is 0 Å². The zero-order chi connectivity index (χ0) is 18.5. The van der Waals surface area contributed by atoms with Crippen LogP contribution in [0.15, 0.2) is 71.6 Å². The Morgan fingerprint density at radius 3 is 2.19 bits per heavy atom. The number of amides is 2. The van der Waals surface area contributed by atoms with Gasteiger partial charge in [0.15, 0.2) is 0 Å². The maximum absolute atomic E-state index is 12.5. The van der Waals surface area contributed by atoms with Gasteiger partial charge in [0.1, 0.15) is 0 Å². The van der Waals surface area contributed by atoms with E-state index in [4.69, 9.17) is 0 Å². The molecule has 4 nitrogen and oxygen atoms in total. The van der Waals surface area contributed by atoms with Gasteiger partial charge in [0.2, 0.25) is 11.8 Å². The molecule has 0 aliphatic carbocycles. The lowest BCUT2D eigenvalue weighted by Gasteiger charge is -2.13. The first-order chi connectivity index (χ1) is 12.5. The second-order valence-electron chi connectivity index (χ2n) is 6.02. The molecular formula is C21H20N2O2S. The fraction of sp³-hybridized carbons (Fsp3) is 0.143. The van der Waals surface area contributed by atoms with E-state index in [1.165, 1.54) is 18.7 Å². The maximum Gasteiger partial charge on any atom is 0.237 e. The number of carbonyl (C=O) groups excluding carboxylic acids is 2. The van der Waals surface area contributed by atoms with Gasteiger partial charge in [-0.3, -0.25) is 9.59 Å². The molecule has 0 bridgehead atoms. The number of benzene rings is 3. The zero-order valence-corrected chi connectivity index (χ0v) is 15.5. The molecule has 3 aromatic rings. The molecular weight excluding hydrogens is 344 g/mol. The Morgan fingerprint density at radius 2 is 1.50 bits per heavy atom. The lowest BCUT2D eigenvalue weighted by atomic mass is 10.1. The predicted molar refractivity (Wildman–Crippen MR) is 109 cm³/mol. The van der Waals surface area contributed by atoms with Gasteiger partial charge in [0.25, 0.3) is 0 Å². The Balaban J connectivity index is 1.62. The van der Waals surface area contributed by atoms with Crippen molar-refractivity contribution in [3.8, 4) is 0 Å². The number of rotatable bonds is 5. The second kappa shape index (κ2) is 8.06. The molecule has 0 radical (unpaired) electrons. The monoisotopic (exact) mass is 364 g/mol. The summed E-state index contributed by atoms with van der Waals surface area (Å²) in [6, 6.07) is 21.4. The van der Waals surface area contributed by atoms with Gasteiger partial charge in [-0.05, 0) is 54.1 Å². The molecule has 132 valence electrons. The van der Waals surface area contributed by atoms with Gasteiger partial charge in [-0.25, -0.2) is 0 Å².